The summed E-state index contributed by atoms with van der Waals surface area (Å²) in [6, 6.07) is 9.47. The summed E-state index contributed by atoms with van der Waals surface area (Å²) in [4.78, 5) is 19.0. The second kappa shape index (κ2) is 4.98. The number of hydrogen-bond donors (Lipinski definition) is 0. The van der Waals surface area contributed by atoms with E-state index < -0.39 is 0 Å². The van der Waals surface area contributed by atoms with Crippen molar-refractivity contribution in [3.63, 3.8) is 0 Å². The zero-order valence-corrected chi connectivity index (χ0v) is 11.9. The molecule has 1 aromatic carbocycles. The van der Waals surface area contributed by atoms with Crippen LogP contribution in [0.5, 0.6) is 0 Å². The lowest BCUT2D eigenvalue weighted by Gasteiger charge is -2.19. The SMILES string of the molecule is O=C(c1ccccc1)N1CCc2nc(C3CC3)nn2CC1. The van der Waals surface area contributed by atoms with Crippen LogP contribution >= 0.6 is 0 Å². The van der Waals surface area contributed by atoms with Crippen molar-refractivity contribution in [2.24, 2.45) is 0 Å². The summed E-state index contributed by atoms with van der Waals surface area (Å²) in [6.07, 6.45) is 3.24. The highest BCUT2D eigenvalue weighted by Crippen LogP contribution is 2.38. The van der Waals surface area contributed by atoms with E-state index in [2.05, 4.69) is 10.1 Å². The number of hydrogen-bond acceptors (Lipinski definition) is 3. The monoisotopic (exact) mass is 282 g/mol. The van der Waals surface area contributed by atoms with E-state index in [1.807, 2.05) is 39.9 Å². The van der Waals surface area contributed by atoms with Gasteiger partial charge >= 0.3 is 0 Å². The predicted molar refractivity (Wildman–Crippen MR) is 78.0 cm³/mol. The van der Waals surface area contributed by atoms with Crippen LogP contribution in [-0.2, 0) is 13.0 Å². The maximum atomic E-state index is 12.5. The molecular weight excluding hydrogens is 264 g/mol. The summed E-state index contributed by atoms with van der Waals surface area (Å²) in [5.41, 5.74) is 0.753. The summed E-state index contributed by atoms with van der Waals surface area (Å²) in [6.45, 7) is 2.17. The van der Waals surface area contributed by atoms with Gasteiger partial charge in [0.05, 0.1) is 6.54 Å². The van der Waals surface area contributed by atoms with Crippen LogP contribution in [0.1, 0.15) is 40.8 Å². The van der Waals surface area contributed by atoms with Crippen molar-refractivity contribution in [2.75, 3.05) is 13.1 Å². The largest absolute Gasteiger partial charge is 0.336 e. The average Bonchev–Trinajstić information content (AvgIpc) is 3.32. The van der Waals surface area contributed by atoms with Gasteiger partial charge in [-0.2, -0.15) is 5.10 Å². The minimum atomic E-state index is 0.101. The zero-order valence-electron chi connectivity index (χ0n) is 11.9. The molecule has 1 aliphatic heterocycles. The number of benzene rings is 1. The first-order valence-electron chi connectivity index (χ1n) is 7.59. The Labute approximate surface area is 123 Å². The second-order valence-electron chi connectivity index (χ2n) is 5.79. The summed E-state index contributed by atoms with van der Waals surface area (Å²) in [5.74, 6) is 2.73. The molecule has 108 valence electrons. The first kappa shape index (κ1) is 12.6. The van der Waals surface area contributed by atoms with Gasteiger partial charge in [-0.3, -0.25) is 4.79 Å². The summed E-state index contributed by atoms with van der Waals surface area (Å²) < 4.78 is 1.99. The Morgan fingerprint density at radius 1 is 1.10 bits per heavy atom. The van der Waals surface area contributed by atoms with E-state index in [1.54, 1.807) is 0 Å². The maximum Gasteiger partial charge on any atom is 0.253 e. The van der Waals surface area contributed by atoms with Crippen LogP contribution in [0, 0.1) is 0 Å². The summed E-state index contributed by atoms with van der Waals surface area (Å²) in [5, 5.41) is 4.61. The van der Waals surface area contributed by atoms with Gasteiger partial charge in [-0.15, -0.1) is 0 Å². The van der Waals surface area contributed by atoms with Gasteiger partial charge in [0.25, 0.3) is 5.91 Å². The topological polar surface area (TPSA) is 51.0 Å². The van der Waals surface area contributed by atoms with Crippen molar-refractivity contribution < 1.29 is 4.79 Å². The number of carbonyl (C=O) groups excluding carboxylic acids is 1. The summed E-state index contributed by atoms with van der Waals surface area (Å²) in [7, 11) is 0. The lowest BCUT2D eigenvalue weighted by Crippen LogP contribution is -2.33. The first-order chi connectivity index (χ1) is 10.3. The van der Waals surface area contributed by atoms with Gasteiger partial charge in [0, 0.05) is 31.0 Å². The van der Waals surface area contributed by atoms with Crippen molar-refractivity contribution in [3.05, 3.63) is 47.5 Å². The van der Waals surface area contributed by atoms with Gasteiger partial charge < -0.3 is 4.90 Å². The Kier molecular flexibility index (Phi) is 2.98. The Morgan fingerprint density at radius 2 is 1.90 bits per heavy atom. The van der Waals surface area contributed by atoms with E-state index in [1.165, 1.54) is 12.8 Å². The average molecular weight is 282 g/mol. The molecule has 1 amide bonds. The molecular formula is C16H18N4O. The van der Waals surface area contributed by atoms with Crippen molar-refractivity contribution in [3.8, 4) is 0 Å². The smallest absolute Gasteiger partial charge is 0.253 e. The predicted octanol–water partition coefficient (Wildman–Crippen LogP) is 1.85. The highest BCUT2D eigenvalue weighted by Gasteiger charge is 2.30. The normalized spacial score (nSPS) is 18.2. The fourth-order valence-corrected chi connectivity index (χ4v) is 2.80. The maximum absolute atomic E-state index is 12.5. The lowest BCUT2D eigenvalue weighted by atomic mass is 10.2. The molecule has 4 rings (SSSR count). The Hall–Kier alpha value is -2.17. The number of fused-ring (bicyclic) bond motifs is 1. The van der Waals surface area contributed by atoms with E-state index in [4.69, 9.17) is 0 Å². The van der Waals surface area contributed by atoms with Crippen molar-refractivity contribution in [1.29, 1.82) is 0 Å². The Bertz CT molecular complexity index is 635. The molecule has 0 bridgehead atoms. The van der Waals surface area contributed by atoms with Gasteiger partial charge in [0.1, 0.15) is 5.82 Å². The molecule has 2 heterocycles. The first-order valence-corrected chi connectivity index (χ1v) is 7.59. The molecule has 1 saturated carbocycles. The van der Waals surface area contributed by atoms with Gasteiger partial charge in [0.15, 0.2) is 5.82 Å². The lowest BCUT2D eigenvalue weighted by molar-refractivity contribution is 0.0758. The van der Waals surface area contributed by atoms with Gasteiger partial charge in [0.2, 0.25) is 0 Å². The van der Waals surface area contributed by atoms with Crippen LogP contribution in [-0.4, -0.2) is 38.7 Å². The van der Waals surface area contributed by atoms with Crippen LogP contribution in [0.15, 0.2) is 30.3 Å². The van der Waals surface area contributed by atoms with E-state index in [0.29, 0.717) is 12.5 Å². The van der Waals surface area contributed by atoms with Crippen LogP contribution in [0.3, 0.4) is 0 Å². The number of rotatable bonds is 2. The van der Waals surface area contributed by atoms with E-state index >= 15 is 0 Å². The van der Waals surface area contributed by atoms with Crippen LogP contribution in [0.25, 0.3) is 0 Å². The molecule has 1 aromatic heterocycles. The van der Waals surface area contributed by atoms with E-state index in [-0.39, 0.29) is 5.91 Å². The molecule has 5 nitrogen and oxygen atoms in total. The molecule has 2 aliphatic rings. The molecule has 21 heavy (non-hydrogen) atoms. The van der Waals surface area contributed by atoms with Gasteiger partial charge in [-0.25, -0.2) is 9.67 Å². The third kappa shape index (κ3) is 2.44. The molecule has 5 heteroatoms. The molecule has 1 aliphatic carbocycles. The molecule has 0 spiro atoms. The molecule has 0 N–H and O–H groups in total. The van der Waals surface area contributed by atoms with Crippen LogP contribution < -0.4 is 0 Å². The quantitative estimate of drug-likeness (QED) is 0.844. The van der Waals surface area contributed by atoms with Crippen LogP contribution in [0.2, 0.25) is 0 Å². The molecule has 0 radical (unpaired) electrons. The van der Waals surface area contributed by atoms with Gasteiger partial charge in [-0.05, 0) is 25.0 Å². The van der Waals surface area contributed by atoms with E-state index in [0.717, 1.165) is 36.7 Å². The minimum absolute atomic E-state index is 0.101. The van der Waals surface area contributed by atoms with Crippen molar-refractivity contribution >= 4 is 5.91 Å². The van der Waals surface area contributed by atoms with Crippen molar-refractivity contribution in [1.82, 2.24) is 19.7 Å². The van der Waals surface area contributed by atoms with E-state index in [9.17, 15) is 4.79 Å². The minimum Gasteiger partial charge on any atom is -0.336 e. The second-order valence-corrected chi connectivity index (χ2v) is 5.79. The Balaban J connectivity index is 1.49. The molecule has 0 unspecified atom stereocenters. The molecule has 1 fully saturated rings. The van der Waals surface area contributed by atoms with Gasteiger partial charge in [-0.1, -0.05) is 18.2 Å². The molecule has 0 atom stereocenters. The third-order valence-electron chi connectivity index (χ3n) is 4.20. The van der Waals surface area contributed by atoms with Crippen LogP contribution in [0.4, 0.5) is 0 Å². The number of carbonyl (C=O) groups is 1. The summed E-state index contributed by atoms with van der Waals surface area (Å²) >= 11 is 0. The fourth-order valence-electron chi connectivity index (χ4n) is 2.80. The zero-order chi connectivity index (χ0) is 14.2. The number of aromatic nitrogens is 3. The molecule has 0 saturated heterocycles. The highest BCUT2D eigenvalue weighted by atomic mass is 16.2. The number of nitrogens with zero attached hydrogens (tertiary/aromatic N) is 4. The molecule has 2 aromatic rings. The Morgan fingerprint density at radius 3 is 2.67 bits per heavy atom. The number of amides is 1. The third-order valence-corrected chi connectivity index (χ3v) is 4.20. The van der Waals surface area contributed by atoms with Crippen molar-refractivity contribution in [2.45, 2.75) is 31.7 Å². The standard InChI is InChI=1S/C16H18N4O/c21-16(13-4-2-1-3-5-13)19-9-8-14-17-15(12-6-7-12)18-20(14)11-10-19/h1-5,12H,6-11H2. The fraction of sp³-hybridized carbons (Fsp3) is 0.438. The highest BCUT2D eigenvalue weighted by molar-refractivity contribution is 5.94.